The molecule has 0 aromatic carbocycles. The molecule has 5 heterocycles. The number of aromatic nitrogens is 4. The molecule has 33 heavy (non-hydrogen) atoms. The van der Waals surface area contributed by atoms with Crippen molar-refractivity contribution in [3.8, 4) is 0 Å². The zero-order valence-electron chi connectivity index (χ0n) is 19.2. The summed E-state index contributed by atoms with van der Waals surface area (Å²) in [5.74, 6) is 2.94. The summed E-state index contributed by atoms with van der Waals surface area (Å²) in [6.07, 6.45) is 7.32. The van der Waals surface area contributed by atoms with Gasteiger partial charge >= 0.3 is 0 Å². The van der Waals surface area contributed by atoms with Gasteiger partial charge in [-0.1, -0.05) is 25.3 Å². The molecule has 0 amide bonds. The van der Waals surface area contributed by atoms with Gasteiger partial charge in [-0.05, 0) is 31.2 Å². The molecule has 2 saturated heterocycles. The molecule has 2 bridgehead atoms. The number of nitrogens with zero attached hydrogens (tertiary/aromatic N) is 6. The average Bonchev–Trinajstić information content (AvgIpc) is 2.86. The standard InChI is InChI=1S/C24H33N7O2/c32-21-8-4-7-20-18-13-17(15-31(20)21)14-30(16-18)24-27-22(25-19-5-2-1-3-6-19)26-23(28-24)29-9-11-33-12-10-29/h4,7-8,17-19H,1-3,5-6,9-16H2,(H,25,26,27,28)/t17-,18+/m0/s1. The predicted octanol–water partition coefficient (Wildman–Crippen LogP) is 2.24. The molecule has 9 heteroatoms. The molecule has 0 unspecified atom stereocenters. The summed E-state index contributed by atoms with van der Waals surface area (Å²) in [6.45, 7) is 5.47. The maximum Gasteiger partial charge on any atom is 0.250 e. The van der Waals surface area contributed by atoms with Gasteiger partial charge < -0.3 is 24.4 Å². The molecule has 3 aliphatic heterocycles. The number of rotatable bonds is 4. The summed E-state index contributed by atoms with van der Waals surface area (Å²) in [4.78, 5) is 31.6. The van der Waals surface area contributed by atoms with E-state index in [2.05, 4.69) is 21.2 Å². The maximum atomic E-state index is 12.4. The first-order valence-electron chi connectivity index (χ1n) is 12.5. The third-order valence-corrected chi connectivity index (χ3v) is 7.61. The van der Waals surface area contributed by atoms with E-state index in [1.54, 1.807) is 6.07 Å². The molecule has 2 atom stereocenters. The first-order valence-corrected chi connectivity index (χ1v) is 12.5. The number of hydrogen-bond donors (Lipinski definition) is 1. The lowest BCUT2D eigenvalue weighted by atomic mass is 9.83. The van der Waals surface area contributed by atoms with Gasteiger partial charge in [0.2, 0.25) is 17.8 Å². The molecule has 9 nitrogen and oxygen atoms in total. The summed E-state index contributed by atoms with van der Waals surface area (Å²) < 4.78 is 7.52. The Balaban J connectivity index is 1.30. The minimum atomic E-state index is 0.115. The predicted molar refractivity (Wildman–Crippen MR) is 127 cm³/mol. The van der Waals surface area contributed by atoms with E-state index in [0.29, 0.717) is 37.0 Å². The van der Waals surface area contributed by atoms with Crippen molar-refractivity contribution in [3.05, 3.63) is 34.2 Å². The van der Waals surface area contributed by atoms with Crippen molar-refractivity contribution in [1.29, 1.82) is 0 Å². The Morgan fingerprint density at radius 1 is 0.909 bits per heavy atom. The van der Waals surface area contributed by atoms with E-state index in [-0.39, 0.29) is 5.56 Å². The number of anilines is 3. The van der Waals surface area contributed by atoms with Crippen LogP contribution in [0.25, 0.3) is 0 Å². The van der Waals surface area contributed by atoms with E-state index in [1.807, 2.05) is 10.6 Å². The number of pyridine rings is 1. The largest absolute Gasteiger partial charge is 0.378 e. The molecular weight excluding hydrogens is 418 g/mol. The molecule has 1 saturated carbocycles. The fourth-order valence-corrected chi connectivity index (χ4v) is 5.95. The lowest BCUT2D eigenvalue weighted by Gasteiger charge is -2.43. The maximum absolute atomic E-state index is 12.4. The van der Waals surface area contributed by atoms with Crippen molar-refractivity contribution in [3.63, 3.8) is 0 Å². The Morgan fingerprint density at radius 3 is 2.52 bits per heavy atom. The molecule has 1 N–H and O–H groups in total. The molecule has 0 spiro atoms. The Labute approximate surface area is 194 Å². The number of ether oxygens (including phenoxy) is 1. The highest BCUT2D eigenvalue weighted by Gasteiger charge is 2.36. The van der Waals surface area contributed by atoms with Crippen molar-refractivity contribution < 1.29 is 4.74 Å². The van der Waals surface area contributed by atoms with E-state index < -0.39 is 0 Å². The van der Waals surface area contributed by atoms with Crippen molar-refractivity contribution in [1.82, 2.24) is 19.5 Å². The fourth-order valence-electron chi connectivity index (χ4n) is 5.95. The van der Waals surface area contributed by atoms with Gasteiger partial charge in [0.25, 0.3) is 5.56 Å². The number of piperidine rings is 1. The third-order valence-electron chi connectivity index (χ3n) is 7.61. The van der Waals surface area contributed by atoms with Crippen LogP contribution in [0.2, 0.25) is 0 Å². The summed E-state index contributed by atoms with van der Waals surface area (Å²) >= 11 is 0. The normalized spacial score (nSPS) is 25.6. The number of hydrogen-bond acceptors (Lipinski definition) is 8. The van der Waals surface area contributed by atoms with Crippen LogP contribution in [-0.2, 0) is 11.3 Å². The van der Waals surface area contributed by atoms with E-state index in [9.17, 15) is 4.79 Å². The molecule has 0 radical (unpaired) electrons. The highest BCUT2D eigenvalue weighted by molar-refractivity contribution is 5.47. The number of fused-ring (bicyclic) bond motifs is 4. The van der Waals surface area contributed by atoms with Gasteiger partial charge in [-0.2, -0.15) is 15.0 Å². The van der Waals surface area contributed by atoms with Crippen molar-refractivity contribution >= 4 is 17.8 Å². The van der Waals surface area contributed by atoms with Crippen LogP contribution < -0.4 is 20.7 Å². The van der Waals surface area contributed by atoms with Gasteiger partial charge in [-0.3, -0.25) is 4.79 Å². The molecule has 1 aliphatic carbocycles. The van der Waals surface area contributed by atoms with Gasteiger partial charge in [-0.15, -0.1) is 0 Å². The lowest BCUT2D eigenvalue weighted by molar-refractivity contribution is 0.122. The van der Waals surface area contributed by atoms with Crippen LogP contribution >= 0.6 is 0 Å². The Hall–Kier alpha value is -2.68. The smallest absolute Gasteiger partial charge is 0.250 e. The molecule has 2 aromatic heterocycles. The van der Waals surface area contributed by atoms with Crippen LogP contribution in [0.5, 0.6) is 0 Å². The molecular formula is C24H33N7O2. The highest BCUT2D eigenvalue weighted by atomic mass is 16.5. The zero-order chi connectivity index (χ0) is 22.2. The van der Waals surface area contributed by atoms with E-state index in [4.69, 9.17) is 19.7 Å². The van der Waals surface area contributed by atoms with E-state index in [1.165, 1.54) is 32.1 Å². The fraction of sp³-hybridized carbons (Fsp3) is 0.667. The molecule has 2 aromatic rings. The van der Waals surface area contributed by atoms with Crippen LogP contribution in [0.15, 0.2) is 23.0 Å². The van der Waals surface area contributed by atoms with Gasteiger partial charge in [-0.25, -0.2) is 0 Å². The van der Waals surface area contributed by atoms with Crippen LogP contribution in [-0.4, -0.2) is 65.0 Å². The van der Waals surface area contributed by atoms with Crippen LogP contribution in [0.1, 0.15) is 50.1 Å². The molecule has 176 valence electrons. The second-order valence-electron chi connectivity index (χ2n) is 9.94. The van der Waals surface area contributed by atoms with E-state index in [0.717, 1.165) is 56.7 Å². The second kappa shape index (κ2) is 8.93. The highest BCUT2D eigenvalue weighted by Crippen LogP contribution is 2.36. The van der Waals surface area contributed by atoms with Gasteiger partial charge in [0.1, 0.15) is 0 Å². The first-order chi connectivity index (χ1) is 16.2. The monoisotopic (exact) mass is 451 g/mol. The SMILES string of the molecule is O=c1cccc2n1C[C@H]1C[C@@H]2CN(c2nc(NC3CCCCC3)nc(N3CCOCC3)n2)C1. The van der Waals surface area contributed by atoms with Crippen molar-refractivity contribution in [2.24, 2.45) is 5.92 Å². The zero-order valence-corrected chi connectivity index (χ0v) is 19.2. The van der Waals surface area contributed by atoms with Crippen LogP contribution in [0.4, 0.5) is 17.8 Å². The first kappa shape index (κ1) is 20.9. The third kappa shape index (κ3) is 4.30. The molecule has 4 aliphatic rings. The Morgan fingerprint density at radius 2 is 1.70 bits per heavy atom. The Bertz CT molecular complexity index is 1050. The number of nitrogens with one attached hydrogen (secondary N) is 1. The summed E-state index contributed by atoms with van der Waals surface area (Å²) in [5, 5.41) is 3.62. The van der Waals surface area contributed by atoms with Crippen LogP contribution in [0.3, 0.4) is 0 Å². The van der Waals surface area contributed by atoms with Crippen molar-refractivity contribution in [2.45, 2.75) is 57.0 Å². The molecule has 6 rings (SSSR count). The molecule has 3 fully saturated rings. The van der Waals surface area contributed by atoms with Crippen molar-refractivity contribution in [2.75, 3.05) is 54.5 Å². The van der Waals surface area contributed by atoms with Crippen LogP contribution in [0, 0.1) is 5.92 Å². The summed E-state index contributed by atoms with van der Waals surface area (Å²) in [7, 11) is 0. The summed E-state index contributed by atoms with van der Waals surface area (Å²) in [5.41, 5.74) is 1.26. The van der Waals surface area contributed by atoms with Gasteiger partial charge in [0.15, 0.2) is 0 Å². The average molecular weight is 452 g/mol. The number of morpholine rings is 1. The topological polar surface area (TPSA) is 88.4 Å². The quantitative estimate of drug-likeness (QED) is 0.757. The lowest BCUT2D eigenvalue weighted by Crippen LogP contribution is -2.48. The van der Waals surface area contributed by atoms with Gasteiger partial charge in [0.05, 0.1) is 13.2 Å². The van der Waals surface area contributed by atoms with Gasteiger partial charge in [0, 0.05) is 56.4 Å². The minimum absolute atomic E-state index is 0.115. The second-order valence-corrected chi connectivity index (χ2v) is 9.94. The van der Waals surface area contributed by atoms with E-state index >= 15 is 0 Å². The summed E-state index contributed by atoms with van der Waals surface area (Å²) in [6, 6.07) is 6.10. The minimum Gasteiger partial charge on any atom is -0.378 e. The Kier molecular flexibility index (Phi) is 5.65.